The lowest BCUT2D eigenvalue weighted by molar-refractivity contribution is 0.156. The smallest absolute Gasteiger partial charge is 0.0558 e. The van der Waals surface area contributed by atoms with Crippen LogP contribution in [0.5, 0.6) is 0 Å². The average molecular weight is 302 g/mol. The van der Waals surface area contributed by atoms with E-state index in [1.807, 2.05) is 0 Å². The Hall–Kier alpha value is -0.240. The van der Waals surface area contributed by atoms with Crippen LogP contribution >= 0.6 is 0 Å². The van der Waals surface area contributed by atoms with E-state index in [0.717, 1.165) is 78.3 Å². The zero-order valence-electron chi connectivity index (χ0n) is 13.6. The molecular weight excluding hydrogens is 268 g/mol. The van der Waals surface area contributed by atoms with Gasteiger partial charge >= 0.3 is 0 Å². The molecule has 1 aliphatic rings. The van der Waals surface area contributed by atoms with E-state index in [-0.39, 0.29) is 13.2 Å². The Morgan fingerprint density at radius 3 is 2.10 bits per heavy atom. The van der Waals surface area contributed by atoms with Crippen molar-refractivity contribution in [1.82, 2.24) is 20.0 Å². The third-order valence-corrected chi connectivity index (χ3v) is 4.08. The lowest BCUT2D eigenvalue weighted by Gasteiger charge is -2.27. The third-order valence-electron chi connectivity index (χ3n) is 4.08. The van der Waals surface area contributed by atoms with E-state index in [2.05, 4.69) is 27.1 Å². The molecule has 1 rings (SSSR count). The van der Waals surface area contributed by atoms with Crippen molar-refractivity contribution in [3.05, 3.63) is 0 Å². The van der Waals surface area contributed by atoms with Crippen molar-refractivity contribution in [3.63, 3.8) is 0 Å². The van der Waals surface area contributed by atoms with Gasteiger partial charge in [-0.2, -0.15) is 0 Å². The van der Waals surface area contributed by atoms with Crippen LogP contribution < -0.4 is 5.32 Å². The zero-order chi connectivity index (χ0) is 15.3. The predicted molar refractivity (Wildman–Crippen MR) is 86.7 cm³/mol. The van der Waals surface area contributed by atoms with Crippen molar-refractivity contribution in [2.24, 2.45) is 0 Å². The summed E-state index contributed by atoms with van der Waals surface area (Å²) in [5.41, 5.74) is 0. The highest BCUT2D eigenvalue weighted by molar-refractivity contribution is 4.66. The molecule has 0 saturated carbocycles. The Bertz CT molecular complexity index is 244. The summed E-state index contributed by atoms with van der Waals surface area (Å²) < 4.78 is 0. The first-order chi connectivity index (χ1) is 10.3. The van der Waals surface area contributed by atoms with Crippen LogP contribution in [0.15, 0.2) is 0 Å². The molecule has 21 heavy (non-hydrogen) atoms. The van der Waals surface area contributed by atoms with E-state index in [4.69, 9.17) is 5.11 Å². The maximum Gasteiger partial charge on any atom is 0.0558 e. The van der Waals surface area contributed by atoms with Gasteiger partial charge in [-0.1, -0.05) is 0 Å². The van der Waals surface area contributed by atoms with Crippen molar-refractivity contribution >= 4 is 0 Å². The number of aliphatic hydroxyl groups excluding tert-OH is 2. The molecule has 1 saturated heterocycles. The molecule has 0 amide bonds. The third kappa shape index (κ3) is 9.39. The minimum Gasteiger partial charge on any atom is -0.395 e. The number of nitrogens with zero attached hydrogens (tertiary/aromatic N) is 3. The van der Waals surface area contributed by atoms with Gasteiger partial charge in [0, 0.05) is 39.3 Å². The van der Waals surface area contributed by atoms with Crippen LogP contribution in [0.3, 0.4) is 0 Å². The maximum atomic E-state index is 9.18. The van der Waals surface area contributed by atoms with Crippen molar-refractivity contribution in [2.45, 2.75) is 12.8 Å². The predicted octanol–water partition coefficient (Wildman–Crippen LogP) is -1.11. The summed E-state index contributed by atoms with van der Waals surface area (Å²) in [4.78, 5) is 7.04. The van der Waals surface area contributed by atoms with Gasteiger partial charge in [0.2, 0.25) is 0 Å². The van der Waals surface area contributed by atoms with Crippen LogP contribution in [0, 0.1) is 0 Å². The summed E-state index contributed by atoms with van der Waals surface area (Å²) >= 11 is 0. The van der Waals surface area contributed by atoms with Gasteiger partial charge in [-0.15, -0.1) is 0 Å². The van der Waals surface area contributed by atoms with Crippen LogP contribution in [0.25, 0.3) is 0 Å². The molecule has 3 N–H and O–H groups in total. The lowest BCUT2D eigenvalue weighted by Crippen LogP contribution is -2.40. The summed E-state index contributed by atoms with van der Waals surface area (Å²) in [7, 11) is 2.17. The molecule has 1 aliphatic heterocycles. The summed E-state index contributed by atoms with van der Waals surface area (Å²) in [6, 6.07) is 0. The van der Waals surface area contributed by atoms with Crippen molar-refractivity contribution in [2.75, 3.05) is 85.7 Å². The molecule has 0 unspecified atom stereocenters. The molecule has 0 aromatic carbocycles. The summed E-state index contributed by atoms with van der Waals surface area (Å²) in [5.74, 6) is 0. The normalized spacial score (nSPS) is 23.0. The van der Waals surface area contributed by atoms with Gasteiger partial charge in [0.25, 0.3) is 0 Å². The molecule has 0 atom stereocenters. The molecule has 0 aromatic rings. The van der Waals surface area contributed by atoms with Gasteiger partial charge in [-0.05, 0) is 46.1 Å². The number of hydrogen-bond donors (Lipinski definition) is 3. The van der Waals surface area contributed by atoms with Crippen molar-refractivity contribution < 1.29 is 10.2 Å². The monoisotopic (exact) mass is 302 g/mol. The molecule has 1 heterocycles. The first-order valence-electron chi connectivity index (χ1n) is 8.32. The van der Waals surface area contributed by atoms with Gasteiger partial charge in [-0.3, -0.25) is 9.80 Å². The van der Waals surface area contributed by atoms with E-state index >= 15 is 0 Å². The second kappa shape index (κ2) is 12.3. The summed E-state index contributed by atoms with van der Waals surface area (Å²) in [6.07, 6.45) is 2.25. The molecule has 0 spiro atoms. The fourth-order valence-electron chi connectivity index (χ4n) is 2.73. The van der Waals surface area contributed by atoms with Crippen molar-refractivity contribution in [1.29, 1.82) is 0 Å². The zero-order valence-corrected chi connectivity index (χ0v) is 13.6. The number of rotatable bonds is 4. The average Bonchev–Trinajstić information content (AvgIpc) is 2.47. The number of likely N-dealkylation sites (N-methyl/N-ethyl adjacent to an activating group) is 1. The van der Waals surface area contributed by atoms with Gasteiger partial charge in [0.15, 0.2) is 0 Å². The van der Waals surface area contributed by atoms with E-state index in [0.29, 0.717) is 0 Å². The van der Waals surface area contributed by atoms with E-state index in [1.54, 1.807) is 0 Å². The van der Waals surface area contributed by atoms with Crippen LogP contribution in [0.1, 0.15) is 12.8 Å². The molecule has 6 heteroatoms. The fraction of sp³-hybridized carbons (Fsp3) is 1.00. The minimum atomic E-state index is 0.227. The Kier molecular flexibility index (Phi) is 11.0. The van der Waals surface area contributed by atoms with E-state index in [1.165, 1.54) is 0 Å². The molecule has 0 aromatic heterocycles. The fourth-order valence-corrected chi connectivity index (χ4v) is 2.73. The Labute approximate surface area is 129 Å². The van der Waals surface area contributed by atoms with Crippen LogP contribution in [0.4, 0.5) is 0 Å². The van der Waals surface area contributed by atoms with Crippen LogP contribution in [0.2, 0.25) is 0 Å². The highest BCUT2D eigenvalue weighted by atomic mass is 16.3. The number of β-amino-alcohol motifs (C(OH)–C–C–N with tert-alkyl or cyclic N) is 2. The maximum absolute atomic E-state index is 9.18. The van der Waals surface area contributed by atoms with Crippen LogP contribution in [-0.4, -0.2) is 111 Å². The Balaban J connectivity index is 2.44. The molecule has 0 radical (unpaired) electrons. The first-order valence-corrected chi connectivity index (χ1v) is 8.32. The second-order valence-electron chi connectivity index (χ2n) is 5.89. The quantitative estimate of drug-likeness (QED) is 0.612. The van der Waals surface area contributed by atoms with Gasteiger partial charge in [0.05, 0.1) is 13.2 Å². The topological polar surface area (TPSA) is 62.2 Å². The summed E-state index contributed by atoms with van der Waals surface area (Å²) in [5, 5.41) is 21.8. The standard InChI is InChI=1S/C15H34N4O2/c1-17-6-2-4-16-5-9-18(12-14-20)7-3-8-19(11-10-17)13-15-21/h16,20-21H,2-15H2,1H3. The van der Waals surface area contributed by atoms with Gasteiger partial charge in [-0.25, -0.2) is 0 Å². The van der Waals surface area contributed by atoms with E-state index in [9.17, 15) is 5.11 Å². The molecular formula is C15H34N4O2. The molecule has 6 nitrogen and oxygen atoms in total. The molecule has 126 valence electrons. The van der Waals surface area contributed by atoms with E-state index < -0.39 is 0 Å². The Morgan fingerprint density at radius 2 is 1.43 bits per heavy atom. The highest BCUT2D eigenvalue weighted by Gasteiger charge is 2.09. The molecule has 1 fully saturated rings. The number of aliphatic hydroxyl groups is 2. The molecule has 0 aliphatic carbocycles. The van der Waals surface area contributed by atoms with Gasteiger partial charge < -0.3 is 20.4 Å². The molecule has 0 bridgehead atoms. The first kappa shape index (κ1) is 18.8. The minimum absolute atomic E-state index is 0.227. The Morgan fingerprint density at radius 1 is 0.762 bits per heavy atom. The largest absolute Gasteiger partial charge is 0.395 e. The highest BCUT2D eigenvalue weighted by Crippen LogP contribution is 1.98. The van der Waals surface area contributed by atoms with Crippen molar-refractivity contribution in [3.8, 4) is 0 Å². The number of hydrogen-bond acceptors (Lipinski definition) is 6. The number of nitrogens with one attached hydrogen (secondary N) is 1. The van der Waals surface area contributed by atoms with Crippen LogP contribution in [-0.2, 0) is 0 Å². The lowest BCUT2D eigenvalue weighted by atomic mass is 10.3. The second-order valence-corrected chi connectivity index (χ2v) is 5.89. The summed E-state index contributed by atoms with van der Waals surface area (Å²) in [6.45, 7) is 10.2. The van der Waals surface area contributed by atoms with Gasteiger partial charge in [0.1, 0.15) is 0 Å². The SMILES string of the molecule is CN1CCCNCCN(CCO)CCCN(CCO)CC1.